The number of amides is 2. The van der Waals surface area contributed by atoms with E-state index in [1.807, 2.05) is 18.2 Å². The number of piperazine rings is 1. The van der Waals surface area contributed by atoms with E-state index in [1.54, 1.807) is 33.2 Å². The van der Waals surface area contributed by atoms with Gasteiger partial charge in [-0.3, -0.25) is 14.5 Å². The van der Waals surface area contributed by atoms with E-state index in [9.17, 15) is 13.2 Å². The highest BCUT2D eigenvalue weighted by Gasteiger charge is 2.57. The molecule has 0 saturated carbocycles. The Hall–Kier alpha value is -3.88. The summed E-state index contributed by atoms with van der Waals surface area (Å²) in [7, 11) is 5.14. The zero-order valence-corrected chi connectivity index (χ0v) is 30.5. The monoisotopic (exact) mass is 713 g/mol. The number of benzene rings is 3. The average molecular weight is 714 g/mol. The van der Waals surface area contributed by atoms with Crippen molar-refractivity contribution in [1.29, 1.82) is 0 Å². The molecule has 1 N–H and O–H groups in total. The molecule has 3 aromatic carbocycles. The first kappa shape index (κ1) is 36.4. The number of methoxy groups -OCH3 is 3. The molecule has 0 radical (unpaired) electrons. The summed E-state index contributed by atoms with van der Waals surface area (Å²) in [5.41, 5.74) is 0.217. The number of anilines is 1. The summed E-state index contributed by atoms with van der Waals surface area (Å²) < 4.78 is 46.7. The minimum atomic E-state index is -4.57. The van der Waals surface area contributed by atoms with Gasteiger partial charge in [-0.05, 0) is 61.5 Å². The lowest BCUT2D eigenvalue weighted by atomic mass is 9.74. The van der Waals surface area contributed by atoms with Gasteiger partial charge in [0.25, 0.3) is 15.9 Å². The van der Waals surface area contributed by atoms with Crippen molar-refractivity contribution in [2.24, 2.45) is 0 Å². The molecule has 2 amide bonds. The molecule has 0 bridgehead atoms. The highest BCUT2D eigenvalue weighted by atomic mass is 35.5. The number of likely N-dealkylation sites (N-methyl/N-ethyl adjacent to an activating group) is 2. The number of hydrogen-bond acceptors (Lipinski definition) is 10. The van der Waals surface area contributed by atoms with Crippen LogP contribution in [0.1, 0.15) is 23.6 Å². The minimum Gasteiger partial charge on any atom is -0.497 e. The maximum Gasteiger partial charge on any atom is 0.274 e. The predicted octanol–water partition coefficient (Wildman–Crippen LogP) is 3.20. The Bertz CT molecular complexity index is 1830. The van der Waals surface area contributed by atoms with Crippen molar-refractivity contribution in [3.63, 3.8) is 0 Å². The van der Waals surface area contributed by atoms with E-state index in [4.69, 9.17) is 25.8 Å². The van der Waals surface area contributed by atoms with E-state index < -0.39 is 27.4 Å². The number of fused-ring (bicyclic) bond motifs is 1. The molecule has 5 rings (SSSR count). The Labute approximate surface area is 293 Å². The van der Waals surface area contributed by atoms with Crippen LogP contribution >= 0.6 is 11.6 Å². The first-order valence-electron chi connectivity index (χ1n) is 15.9. The lowest BCUT2D eigenvalue weighted by molar-refractivity contribution is -0.131. The maximum absolute atomic E-state index is 15.2. The molecule has 1 saturated heterocycles. The summed E-state index contributed by atoms with van der Waals surface area (Å²) >= 11 is 6.58. The first-order valence-corrected chi connectivity index (χ1v) is 17.7. The quantitative estimate of drug-likeness (QED) is 0.300. The van der Waals surface area contributed by atoms with Gasteiger partial charge < -0.3 is 29.3 Å². The fourth-order valence-electron chi connectivity index (χ4n) is 6.51. The number of nitrogens with zero attached hydrogens (tertiary/aromatic N) is 4. The summed E-state index contributed by atoms with van der Waals surface area (Å²) in [4.78, 5) is 34.0. The molecule has 0 spiro atoms. The van der Waals surface area contributed by atoms with Gasteiger partial charge in [0, 0.05) is 70.0 Å². The molecule has 1 fully saturated rings. The van der Waals surface area contributed by atoms with Gasteiger partial charge in [0.2, 0.25) is 5.91 Å². The number of carbonyl (C=O) groups excluding carboxylic acids is 2. The van der Waals surface area contributed by atoms with Gasteiger partial charge in [-0.2, -0.15) is 0 Å². The van der Waals surface area contributed by atoms with Crippen LogP contribution in [-0.2, 0) is 31.6 Å². The lowest BCUT2D eigenvalue weighted by Gasteiger charge is -2.34. The van der Waals surface area contributed by atoms with Crippen LogP contribution in [0.15, 0.2) is 59.5 Å². The third-order valence-corrected chi connectivity index (χ3v) is 11.3. The molecule has 12 nitrogen and oxygen atoms in total. The second kappa shape index (κ2) is 14.5. The Morgan fingerprint density at radius 3 is 2.27 bits per heavy atom. The van der Waals surface area contributed by atoms with Crippen molar-refractivity contribution in [3.05, 3.63) is 76.3 Å². The molecule has 49 heavy (non-hydrogen) atoms. The molecule has 2 aliphatic heterocycles. The minimum absolute atomic E-state index is 0.00864. The van der Waals surface area contributed by atoms with Gasteiger partial charge in [0.15, 0.2) is 0 Å². The first-order chi connectivity index (χ1) is 23.3. The van der Waals surface area contributed by atoms with Crippen molar-refractivity contribution in [3.8, 4) is 17.2 Å². The fraction of sp³-hybridized carbons (Fsp3) is 0.429. The molecule has 264 valence electrons. The maximum atomic E-state index is 15.2. The summed E-state index contributed by atoms with van der Waals surface area (Å²) in [5, 5.41) is 3.54. The molecular weight excluding hydrogens is 670 g/mol. The summed E-state index contributed by atoms with van der Waals surface area (Å²) in [6.45, 7) is 5.99. The summed E-state index contributed by atoms with van der Waals surface area (Å²) in [5.74, 6) is -0.177. The lowest BCUT2D eigenvalue weighted by Crippen LogP contribution is -2.53. The number of carbonyl (C=O) groups is 2. The third-order valence-electron chi connectivity index (χ3n) is 9.29. The Kier molecular flexibility index (Phi) is 10.8. The molecule has 0 aliphatic carbocycles. The second-order valence-corrected chi connectivity index (χ2v) is 14.8. The van der Waals surface area contributed by atoms with Crippen LogP contribution < -0.4 is 23.8 Å². The van der Waals surface area contributed by atoms with Crippen molar-refractivity contribution in [2.45, 2.75) is 29.8 Å². The van der Waals surface area contributed by atoms with Gasteiger partial charge in [-0.1, -0.05) is 23.7 Å². The molecule has 2 heterocycles. The van der Waals surface area contributed by atoms with Gasteiger partial charge >= 0.3 is 0 Å². The highest BCUT2D eigenvalue weighted by Crippen LogP contribution is 2.52. The van der Waals surface area contributed by atoms with Crippen LogP contribution in [0, 0.1) is 0 Å². The molecule has 2 aliphatic rings. The van der Waals surface area contributed by atoms with Crippen molar-refractivity contribution in [1.82, 2.24) is 20.0 Å². The van der Waals surface area contributed by atoms with Crippen molar-refractivity contribution >= 4 is 39.1 Å². The summed E-state index contributed by atoms with van der Waals surface area (Å²) in [6.07, 6.45) is 0. The van der Waals surface area contributed by atoms with Crippen molar-refractivity contribution in [2.75, 3.05) is 79.5 Å². The molecule has 2 atom stereocenters. The average Bonchev–Trinajstić information content (AvgIpc) is 3.34. The molecule has 3 aromatic rings. The van der Waals surface area contributed by atoms with Gasteiger partial charge in [-0.15, -0.1) is 0 Å². The summed E-state index contributed by atoms with van der Waals surface area (Å²) in [6, 6.07) is 13.9. The van der Waals surface area contributed by atoms with Gasteiger partial charge in [0.1, 0.15) is 27.6 Å². The van der Waals surface area contributed by atoms with E-state index in [1.165, 1.54) is 50.5 Å². The topological polar surface area (TPSA) is 121 Å². The molecule has 0 aromatic heterocycles. The van der Waals surface area contributed by atoms with E-state index >= 15 is 4.79 Å². The fourth-order valence-corrected chi connectivity index (χ4v) is 8.31. The van der Waals surface area contributed by atoms with Crippen molar-refractivity contribution < 1.29 is 32.2 Å². The Balaban J connectivity index is 1.69. The van der Waals surface area contributed by atoms with Crippen LogP contribution in [0.2, 0.25) is 5.02 Å². The van der Waals surface area contributed by atoms with Gasteiger partial charge in [0.05, 0.1) is 33.1 Å². The number of nitrogens with one attached hydrogen (secondary N) is 1. The smallest absolute Gasteiger partial charge is 0.274 e. The predicted molar refractivity (Wildman–Crippen MR) is 188 cm³/mol. The van der Waals surface area contributed by atoms with E-state index in [0.29, 0.717) is 34.2 Å². The molecule has 2 unspecified atom stereocenters. The molecule has 14 heteroatoms. The zero-order chi connectivity index (χ0) is 35.7. The van der Waals surface area contributed by atoms with Crippen LogP contribution in [0.4, 0.5) is 5.69 Å². The Morgan fingerprint density at radius 1 is 0.939 bits per heavy atom. The Morgan fingerprint density at radius 2 is 1.63 bits per heavy atom. The number of sulfonamides is 1. The number of halogens is 1. The van der Waals surface area contributed by atoms with Crippen LogP contribution in [0.3, 0.4) is 0 Å². The van der Waals surface area contributed by atoms with Crippen LogP contribution in [-0.4, -0.2) is 116 Å². The van der Waals surface area contributed by atoms with E-state index in [-0.39, 0.29) is 28.8 Å². The highest BCUT2D eigenvalue weighted by molar-refractivity contribution is 7.93. The van der Waals surface area contributed by atoms with Gasteiger partial charge in [-0.25, -0.2) is 12.7 Å². The SMILES string of the molecule is COc1ccc(S(=O)(=O)N2C(=O)C(CNC(C)C(=O)N(C)C)(c3ccc(CN4CCN(C)CC4)cc3OC)c3cc(Cl)ccc32)c(OC)c1. The largest absolute Gasteiger partial charge is 0.497 e. The van der Waals surface area contributed by atoms with Crippen LogP contribution in [0.5, 0.6) is 17.2 Å². The van der Waals surface area contributed by atoms with E-state index in [0.717, 1.165) is 36.0 Å². The standard InChI is InChI=1S/C35H44ClN5O7S/c1-23(33(42)38(2)3)37-22-35(27-11-8-24(18-30(27)47-6)21-40-16-14-39(4)15-17-40)28-19-25(36)9-12-29(28)41(34(35)43)49(44,45)32-13-10-26(46-5)20-31(32)48-7/h8-13,18-20,23,37H,14-17,21-22H2,1-7H3. The number of ether oxygens (including phenoxy) is 3. The number of rotatable bonds is 12. The van der Waals surface area contributed by atoms with E-state index in [2.05, 4.69) is 22.2 Å². The molecular formula is C35H44ClN5O7S. The normalized spacial score (nSPS) is 19.0. The number of hydrogen-bond donors (Lipinski definition) is 1. The zero-order valence-electron chi connectivity index (χ0n) is 28.9. The third kappa shape index (κ3) is 6.82. The second-order valence-electron chi connectivity index (χ2n) is 12.6. The van der Waals surface area contributed by atoms with Crippen LogP contribution in [0.25, 0.3) is 0 Å².